The average Bonchev–Trinajstić information content (AvgIpc) is 2.36. The van der Waals surface area contributed by atoms with Crippen molar-refractivity contribution in [3.05, 3.63) is 33.8 Å². The van der Waals surface area contributed by atoms with Crippen LogP contribution in [0.3, 0.4) is 0 Å². The molecule has 1 rings (SSSR count). The highest BCUT2D eigenvalue weighted by Crippen LogP contribution is 2.26. The molecule has 0 aliphatic carbocycles. The van der Waals surface area contributed by atoms with Crippen LogP contribution >= 0.6 is 23.2 Å². The maximum atomic E-state index is 6.18. The summed E-state index contributed by atoms with van der Waals surface area (Å²) in [6.07, 6.45) is 2.95. The Bertz CT molecular complexity index is 337. The zero-order valence-electron chi connectivity index (χ0n) is 11.0. The van der Waals surface area contributed by atoms with Crippen LogP contribution in [0.1, 0.15) is 25.3 Å². The van der Waals surface area contributed by atoms with Crippen LogP contribution in [0.25, 0.3) is 0 Å². The van der Waals surface area contributed by atoms with E-state index < -0.39 is 0 Å². The summed E-state index contributed by atoms with van der Waals surface area (Å²) in [6, 6.07) is 6.02. The van der Waals surface area contributed by atoms with Crippen molar-refractivity contribution in [3.63, 3.8) is 0 Å². The van der Waals surface area contributed by atoms with Gasteiger partial charge in [-0.2, -0.15) is 0 Å². The maximum Gasteiger partial charge on any atom is 0.0466 e. The first-order valence-corrected chi connectivity index (χ1v) is 7.12. The second-order valence-electron chi connectivity index (χ2n) is 4.23. The fourth-order valence-electron chi connectivity index (χ4n) is 1.90. The fourth-order valence-corrected chi connectivity index (χ4v) is 2.45. The summed E-state index contributed by atoms with van der Waals surface area (Å²) in [6.45, 7) is 3.60. The lowest BCUT2D eigenvalue weighted by Crippen LogP contribution is -2.28. The van der Waals surface area contributed by atoms with Crippen molar-refractivity contribution in [2.75, 3.05) is 20.3 Å². The number of halogens is 2. The molecule has 0 aliphatic heterocycles. The predicted molar refractivity (Wildman–Crippen MR) is 78.7 cm³/mol. The monoisotopic (exact) mass is 289 g/mol. The first-order chi connectivity index (χ1) is 8.69. The smallest absolute Gasteiger partial charge is 0.0466 e. The van der Waals surface area contributed by atoms with Gasteiger partial charge in [0.1, 0.15) is 0 Å². The molecule has 0 spiro atoms. The van der Waals surface area contributed by atoms with Crippen LogP contribution in [0, 0.1) is 0 Å². The molecule has 4 heteroatoms. The maximum absolute atomic E-state index is 6.18. The third-order valence-electron chi connectivity index (χ3n) is 2.97. The first kappa shape index (κ1) is 15.8. The molecule has 0 aromatic heterocycles. The summed E-state index contributed by atoms with van der Waals surface area (Å²) >= 11 is 12.4. The molecule has 2 nitrogen and oxygen atoms in total. The van der Waals surface area contributed by atoms with Gasteiger partial charge in [-0.05, 0) is 50.9 Å². The summed E-state index contributed by atoms with van der Waals surface area (Å²) in [5, 5.41) is 4.80. The number of hydrogen-bond acceptors (Lipinski definition) is 2. The Morgan fingerprint density at radius 2 is 1.94 bits per heavy atom. The number of hydrogen-bond donors (Lipinski definition) is 1. The van der Waals surface area contributed by atoms with Gasteiger partial charge in [0.05, 0.1) is 0 Å². The van der Waals surface area contributed by atoms with Gasteiger partial charge >= 0.3 is 0 Å². The Labute approximate surface area is 120 Å². The van der Waals surface area contributed by atoms with Crippen LogP contribution in [0.15, 0.2) is 18.2 Å². The average molecular weight is 290 g/mol. The van der Waals surface area contributed by atoms with E-state index in [1.807, 2.05) is 32.2 Å². The molecule has 0 fully saturated rings. The zero-order valence-corrected chi connectivity index (χ0v) is 12.5. The van der Waals surface area contributed by atoms with E-state index in [2.05, 4.69) is 5.32 Å². The molecule has 0 radical (unpaired) electrons. The van der Waals surface area contributed by atoms with Crippen LogP contribution in [-0.4, -0.2) is 26.3 Å². The quantitative estimate of drug-likeness (QED) is 0.732. The number of benzene rings is 1. The standard InChI is InChI=1S/C14H21Cl2NO/c1-3-18-9-5-6-11(17-2)10-12-13(15)7-4-8-14(12)16/h4,7-8,11,17H,3,5-6,9-10H2,1-2H3. The summed E-state index contributed by atoms with van der Waals surface area (Å²) in [7, 11) is 1.97. The minimum Gasteiger partial charge on any atom is -0.382 e. The van der Waals surface area contributed by atoms with Crippen molar-refractivity contribution in [2.24, 2.45) is 0 Å². The second-order valence-corrected chi connectivity index (χ2v) is 5.04. The highest BCUT2D eigenvalue weighted by Gasteiger charge is 2.12. The van der Waals surface area contributed by atoms with E-state index in [0.29, 0.717) is 6.04 Å². The summed E-state index contributed by atoms with van der Waals surface area (Å²) in [5.74, 6) is 0. The van der Waals surface area contributed by atoms with Gasteiger partial charge in [-0.3, -0.25) is 0 Å². The molecule has 0 saturated carbocycles. The van der Waals surface area contributed by atoms with Crippen molar-refractivity contribution in [1.29, 1.82) is 0 Å². The molecule has 0 aliphatic rings. The molecular weight excluding hydrogens is 269 g/mol. The van der Waals surface area contributed by atoms with Gasteiger partial charge < -0.3 is 10.1 Å². The van der Waals surface area contributed by atoms with E-state index >= 15 is 0 Å². The van der Waals surface area contributed by atoms with E-state index in [4.69, 9.17) is 27.9 Å². The van der Waals surface area contributed by atoms with E-state index in [-0.39, 0.29) is 0 Å². The molecule has 1 unspecified atom stereocenters. The zero-order chi connectivity index (χ0) is 13.4. The van der Waals surface area contributed by atoms with Gasteiger partial charge in [0.25, 0.3) is 0 Å². The van der Waals surface area contributed by atoms with Gasteiger partial charge in [0.15, 0.2) is 0 Å². The first-order valence-electron chi connectivity index (χ1n) is 6.37. The van der Waals surface area contributed by atoms with Gasteiger partial charge in [0, 0.05) is 29.3 Å². The summed E-state index contributed by atoms with van der Waals surface area (Å²) < 4.78 is 5.35. The Kier molecular flexibility index (Phi) is 7.68. The van der Waals surface area contributed by atoms with Crippen LogP contribution in [0.4, 0.5) is 0 Å². The van der Waals surface area contributed by atoms with Crippen molar-refractivity contribution < 1.29 is 4.74 Å². The Balaban J connectivity index is 2.52. The molecule has 18 heavy (non-hydrogen) atoms. The molecule has 102 valence electrons. The highest BCUT2D eigenvalue weighted by atomic mass is 35.5. The Hall–Kier alpha value is -0.280. The number of likely N-dealkylation sites (N-methyl/N-ethyl adjacent to an activating group) is 1. The van der Waals surface area contributed by atoms with Crippen LogP contribution in [0.5, 0.6) is 0 Å². The fraction of sp³-hybridized carbons (Fsp3) is 0.571. The van der Waals surface area contributed by atoms with Crippen molar-refractivity contribution in [3.8, 4) is 0 Å². The molecule has 1 aromatic carbocycles. The second kappa shape index (κ2) is 8.76. The lowest BCUT2D eigenvalue weighted by molar-refractivity contribution is 0.141. The van der Waals surface area contributed by atoms with Gasteiger partial charge in [-0.1, -0.05) is 29.3 Å². The number of ether oxygens (including phenoxy) is 1. The lowest BCUT2D eigenvalue weighted by atomic mass is 10.0. The molecule has 1 atom stereocenters. The van der Waals surface area contributed by atoms with E-state index in [9.17, 15) is 0 Å². The minimum absolute atomic E-state index is 0.378. The normalized spacial score (nSPS) is 12.7. The molecule has 1 aromatic rings. The molecular formula is C14H21Cl2NO. The summed E-state index contributed by atoms with van der Waals surface area (Å²) in [5.41, 5.74) is 1.02. The van der Waals surface area contributed by atoms with E-state index in [0.717, 1.165) is 48.1 Å². The summed E-state index contributed by atoms with van der Waals surface area (Å²) in [4.78, 5) is 0. The Morgan fingerprint density at radius 3 is 2.50 bits per heavy atom. The SMILES string of the molecule is CCOCCCC(Cc1c(Cl)cccc1Cl)NC. The molecule has 1 N–H and O–H groups in total. The number of rotatable bonds is 8. The van der Waals surface area contributed by atoms with Crippen LogP contribution in [-0.2, 0) is 11.2 Å². The molecule has 0 saturated heterocycles. The topological polar surface area (TPSA) is 21.3 Å². The van der Waals surface area contributed by atoms with Crippen LogP contribution < -0.4 is 5.32 Å². The third kappa shape index (κ3) is 5.15. The van der Waals surface area contributed by atoms with Gasteiger partial charge in [0.2, 0.25) is 0 Å². The highest BCUT2D eigenvalue weighted by molar-refractivity contribution is 6.35. The van der Waals surface area contributed by atoms with Gasteiger partial charge in [-0.15, -0.1) is 0 Å². The predicted octanol–water partition coefficient (Wildman–Crippen LogP) is 3.94. The van der Waals surface area contributed by atoms with E-state index in [1.54, 1.807) is 0 Å². The third-order valence-corrected chi connectivity index (χ3v) is 3.67. The van der Waals surface area contributed by atoms with Gasteiger partial charge in [-0.25, -0.2) is 0 Å². The van der Waals surface area contributed by atoms with Crippen molar-refractivity contribution in [1.82, 2.24) is 5.32 Å². The molecule has 0 amide bonds. The van der Waals surface area contributed by atoms with Crippen LogP contribution in [0.2, 0.25) is 10.0 Å². The van der Waals surface area contributed by atoms with Crippen molar-refractivity contribution >= 4 is 23.2 Å². The minimum atomic E-state index is 0.378. The van der Waals surface area contributed by atoms with Crippen molar-refractivity contribution in [2.45, 2.75) is 32.2 Å². The van der Waals surface area contributed by atoms with E-state index in [1.165, 1.54) is 0 Å². The molecule has 0 heterocycles. The lowest BCUT2D eigenvalue weighted by Gasteiger charge is -2.17. The largest absolute Gasteiger partial charge is 0.382 e. The molecule has 0 bridgehead atoms. The number of nitrogens with one attached hydrogen (secondary N) is 1. The Morgan fingerprint density at radius 1 is 1.28 bits per heavy atom.